The highest BCUT2D eigenvalue weighted by molar-refractivity contribution is 6.31. The minimum Gasteiger partial charge on any atom is -0.460 e. The third-order valence-corrected chi connectivity index (χ3v) is 3.53. The van der Waals surface area contributed by atoms with E-state index in [-0.39, 0.29) is 16.8 Å². The van der Waals surface area contributed by atoms with Crippen LogP contribution < -0.4 is 5.43 Å². The van der Waals surface area contributed by atoms with E-state index in [1.54, 1.807) is 43.3 Å². The zero-order chi connectivity index (χ0) is 15.0. The largest absolute Gasteiger partial charge is 0.460 e. The number of carbonyl (C=O) groups is 1. The van der Waals surface area contributed by atoms with E-state index >= 15 is 0 Å². The predicted molar refractivity (Wildman–Crippen MR) is 82.1 cm³/mol. The lowest BCUT2D eigenvalue weighted by Gasteiger charge is -2.06. The molecule has 1 aromatic heterocycles. The Kier molecular flexibility index (Phi) is 3.35. The summed E-state index contributed by atoms with van der Waals surface area (Å²) in [6.45, 7) is 1.62. The van der Waals surface area contributed by atoms with E-state index in [4.69, 9.17) is 16.0 Å². The highest BCUT2D eigenvalue weighted by Crippen LogP contribution is 2.20. The topological polar surface area (TPSA) is 47.3 Å². The number of benzene rings is 2. The van der Waals surface area contributed by atoms with Crippen molar-refractivity contribution in [3.05, 3.63) is 80.7 Å². The van der Waals surface area contributed by atoms with Gasteiger partial charge in [0, 0.05) is 10.6 Å². The van der Waals surface area contributed by atoms with Crippen molar-refractivity contribution in [1.29, 1.82) is 0 Å². The molecule has 0 saturated carbocycles. The fourth-order valence-corrected chi connectivity index (χ4v) is 2.45. The second-order valence-corrected chi connectivity index (χ2v) is 5.13. The Bertz CT molecular complexity index is 895. The molecule has 0 N–H and O–H groups in total. The fraction of sp³-hybridized carbons (Fsp3) is 0.0588. The summed E-state index contributed by atoms with van der Waals surface area (Å²) in [5.41, 5.74) is 0.571. The lowest BCUT2D eigenvalue weighted by atomic mass is 10.0. The summed E-state index contributed by atoms with van der Waals surface area (Å²) in [6, 6.07) is 13.4. The van der Waals surface area contributed by atoms with Crippen molar-refractivity contribution < 1.29 is 9.21 Å². The predicted octanol–water partition coefficient (Wildman–Crippen LogP) is 3.99. The van der Waals surface area contributed by atoms with Gasteiger partial charge in [-0.1, -0.05) is 41.9 Å². The molecule has 0 aliphatic heterocycles. The highest BCUT2D eigenvalue weighted by Gasteiger charge is 2.19. The Morgan fingerprint density at radius 1 is 1.10 bits per heavy atom. The summed E-state index contributed by atoms with van der Waals surface area (Å²) in [5.74, 6) is -0.0348. The van der Waals surface area contributed by atoms with Gasteiger partial charge in [0.05, 0.1) is 5.39 Å². The van der Waals surface area contributed by atoms with Gasteiger partial charge in [-0.15, -0.1) is 0 Å². The molecule has 0 radical (unpaired) electrons. The third-order valence-electron chi connectivity index (χ3n) is 3.29. The smallest absolute Gasteiger partial charge is 0.204 e. The van der Waals surface area contributed by atoms with Crippen LogP contribution in [-0.2, 0) is 0 Å². The maximum absolute atomic E-state index is 12.6. The molecule has 0 bridgehead atoms. The molecule has 4 heteroatoms. The van der Waals surface area contributed by atoms with Gasteiger partial charge in [0.15, 0.2) is 5.78 Å². The minimum absolute atomic E-state index is 0.0518. The molecule has 0 spiro atoms. The average Bonchev–Trinajstić information content (AvgIpc) is 2.49. The molecule has 0 aliphatic carbocycles. The van der Waals surface area contributed by atoms with Crippen molar-refractivity contribution in [2.45, 2.75) is 6.92 Å². The zero-order valence-electron chi connectivity index (χ0n) is 11.2. The van der Waals surface area contributed by atoms with E-state index in [0.717, 1.165) is 0 Å². The number of halogens is 1. The SMILES string of the molecule is Cc1oc2ccc(Cl)cc2c(=O)c1C(=O)c1ccccc1. The van der Waals surface area contributed by atoms with Gasteiger partial charge in [0.25, 0.3) is 0 Å². The van der Waals surface area contributed by atoms with Gasteiger partial charge < -0.3 is 4.42 Å². The van der Waals surface area contributed by atoms with Crippen LogP contribution in [0.1, 0.15) is 21.7 Å². The van der Waals surface area contributed by atoms with Crippen molar-refractivity contribution in [3.63, 3.8) is 0 Å². The number of ketones is 1. The van der Waals surface area contributed by atoms with Gasteiger partial charge in [-0.05, 0) is 25.1 Å². The van der Waals surface area contributed by atoms with E-state index in [9.17, 15) is 9.59 Å². The molecule has 0 unspecified atom stereocenters. The monoisotopic (exact) mass is 298 g/mol. The molecule has 0 fully saturated rings. The van der Waals surface area contributed by atoms with E-state index < -0.39 is 0 Å². The summed E-state index contributed by atoms with van der Waals surface area (Å²) in [4.78, 5) is 25.1. The molecule has 104 valence electrons. The number of rotatable bonds is 2. The quantitative estimate of drug-likeness (QED) is 0.672. The van der Waals surface area contributed by atoms with Crippen LogP contribution >= 0.6 is 11.6 Å². The average molecular weight is 299 g/mol. The Morgan fingerprint density at radius 2 is 1.81 bits per heavy atom. The summed E-state index contributed by atoms with van der Waals surface area (Å²) < 4.78 is 5.59. The van der Waals surface area contributed by atoms with Crippen LogP contribution in [0.2, 0.25) is 5.02 Å². The molecule has 3 aromatic rings. The Labute approximate surface area is 125 Å². The van der Waals surface area contributed by atoms with E-state index in [1.807, 2.05) is 6.07 Å². The van der Waals surface area contributed by atoms with Crippen LogP contribution in [0, 0.1) is 6.92 Å². The maximum Gasteiger partial charge on any atom is 0.204 e. The van der Waals surface area contributed by atoms with Gasteiger partial charge in [-0.25, -0.2) is 0 Å². The van der Waals surface area contributed by atoms with Crippen molar-refractivity contribution in [2.75, 3.05) is 0 Å². The van der Waals surface area contributed by atoms with Crippen LogP contribution in [0.4, 0.5) is 0 Å². The fourth-order valence-electron chi connectivity index (χ4n) is 2.28. The van der Waals surface area contributed by atoms with Crippen LogP contribution in [0.15, 0.2) is 57.7 Å². The number of hydrogen-bond donors (Lipinski definition) is 0. The van der Waals surface area contributed by atoms with Gasteiger partial charge in [-0.2, -0.15) is 0 Å². The van der Waals surface area contributed by atoms with Gasteiger partial charge in [-0.3, -0.25) is 9.59 Å². The first-order valence-electron chi connectivity index (χ1n) is 6.40. The zero-order valence-corrected chi connectivity index (χ0v) is 12.0. The van der Waals surface area contributed by atoms with Crippen molar-refractivity contribution in [1.82, 2.24) is 0 Å². The third kappa shape index (κ3) is 2.36. The number of hydrogen-bond acceptors (Lipinski definition) is 3. The first-order chi connectivity index (χ1) is 10.1. The van der Waals surface area contributed by atoms with Crippen LogP contribution in [-0.4, -0.2) is 5.78 Å². The van der Waals surface area contributed by atoms with Crippen molar-refractivity contribution >= 4 is 28.4 Å². The lowest BCUT2D eigenvalue weighted by Crippen LogP contribution is -2.18. The molecule has 21 heavy (non-hydrogen) atoms. The second kappa shape index (κ2) is 5.19. The Balaban J connectivity index is 2.28. The molecule has 0 atom stereocenters. The van der Waals surface area contributed by atoms with Gasteiger partial charge in [0.1, 0.15) is 16.9 Å². The normalized spacial score (nSPS) is 10.8. The Morgan fingerprint density at radius 3 is 2.52 bits per heavy atom. The Hall–Kier alpha value is -2.39. The first kappa shape index (κ1) is 13.6. The molecule has 0 aliphatic rings. The molecule has 1 heterocycles. The van der Waals surface area contributed by atoms with E-state index in [1.165, 1.54) is 6.07 Å². The molecule has 3 rings (SSSR count). The summed E-state index contributed by atoms with van der Waals surface area (Å²) in [6.07, 6.45) is 0. The molecule has 3 nitrogen and oxygen atoms in total. The van der Waals surface area contributed by atoms with Crippen LogP contribution in [0.3, 0.4) is 0 Å². The molecule has 0 amide bonds. The van der Waals surface area contributed by atoms with E-state index in [2.05, 4.69) is 0 Å². The molecular weight excluding hydrogens is 288 g/mol. The van der Waals surface area contributed by atoms with Gasteiger partial charge >= 0.3 is 0 Å². The second-order valence-electron chi connectivity index (χ2n) is 4.70. The van der Waals surface area contributed by atoms with Crippen LogP contribution in [0.5, 0.6) is 0 Å². The maximum atomic E-state index is 12.6. The van der Waals surface area contributed by atoms with Crippen molar-refractivity contribution in [3.8, 4) is 0 Å². The summed E-state index contributed by atoms with van der Waals surface area (Å²) in [7, 11) is 0. The molecular formula is C17H11ClO3. The summed E-state index contributed by atoms with van der Waals surface area (Å²) >= 11 is 5.91. The number of fused-ring (bicyclic) bond motifs is 1. The molecule has 2 aromatic carbocycles. The van der Waals surface area contributed by atoms with E-state index in [0.29, 0.717) is 27.3 Å². The van der Waals surface area contributed by atoms with Gasteiger partial charge in [0.2, 0.25) is 5.43 Å². The molecule has 0 saturated heterocycles. The highest BCUT2D eigenvalue weighted by atomic mass is 35.5. The minimum atomic E-state index is -0.356. The number of carbonyl (C=O) groups excluding carboxylic acids is 1. The first-order valence-corrected chi connectivity index (χ1v) is 6.78. The standard InChI is InChI=1S/C17H11ClO3/c1-10-15(16(19)11-5-3-2-4-6-11)17(20)13-9-12(18)7-8-14(13)21-10/h2-9H,1H3. The van der Waals surface area contributed by atoms with Crippen LogP contribution in [0.25, 0.3) is 11.0 Å². The van der Waals surface area contributed by atoms with Crippen molar-refractivity contribution in [2.24, 2.45) is 0 Å². The number of aryl methyl sites for hydroxylation is 1. The summed E-state index contributed by atoms with van der Waals surface area (Å²) in [5, 5.41) is 0.740. The lowest BCUT2D eigenvalue weighted by molar-refractivity contribution is 0.103.